The molecule has 3 heteroatoms. The molecule has 0 unspecified atom stereocenters. The summed E-state index contributed by atoms with van der Waals surface area (Å²) >= 11 is 0. The molecular formula is C11H13N3. The lowest BCUT2D eigenvalue weighted by molar-refractivity contribution is 0.868. The molecule has 0 radical (unpaired) electrons. The summed E-state index contributed by atoms with van der Waals surface area (Å²) in [7, 11) is 0. The minimum absolute atomic E-state index is 0.828. The molecule has 0 aliphatic carbocycles. The molecule has 0 bridgehead atoms. The summed E-state index contributed by atoms with van der Waals surface area (Å²) in [6.45, 7) is 4.07. The molecule has 0 N–H and O–H groups in total. The van der Waals surface area contributed by atoms with Gasteiger partial charge in [0.1, 0.15) is 11.3 Å². The maximum absolute atomic E-state index is 4.42. The average Bonchev–Trinajstić information content (AvgIpc) is 2.18. The van der Waals surface area contributed by atoms with Crippen LogP contribution in [0.1, 0.15) is 24.9 Å². The average molecular weight is 187 g/mol. The molecule has 0 aliphatic heterocycles. The van der Waals surface area contributed by atoms with Crippen LogP contribution in [0.15, 0.2) is 18.3 Å². The number of fused-ring (bicyclic) bond motifs is 1. The van der Waals surface area contributed by atoms with E-state index in [0.29, 0.717) is 0 Å². The minimum atomic E-state index is 0.828. The van der Waals surface area contributed by atoms with Crippen LogP contribution in [0.3, 0.4) is 0 Å². The first kappa shape index (κ1) is 9.06. The lowest BCUT2D eigenvalue weighted by atomic mass is 10.2. The van der Waals surface area contributed by atoms with E-state index in [-0.39, 0.29) is 0 Å². The molecule has 0 atom stereocenters. The summed E-state index contributed by atoms with van der Waals surface area (Å²) < 4.78 is 0. The summed E-state index contributed by atoms with van der Waals surface area (Å²) in [6.07, 6.45) is 3.85. The molecule has 0 aliphatic rings. The zero-order valence-electron chi connectivity index (χ0n) is 8.49. The fourth-order valence-corrected chi connectivity index (χ4v) is 1.57. The molecule has 0 amide bonds. The molecule has 2 heterocycles. The Morgan fingerprint density at radius 1 is 1.29 bits per heavy atom. The molecule has 0 aromatic carbocycles. The highest BCUT2D eigenvalue weighted by Crippen LogP contribution is 2.13. The van der Waals surface area contributed by atoms with Gasteiger partial charge in [-0.2, -0.15) is 0 Å². The van der Waals surface area contributed by atoms with Crippen LogP contribution in [0, 0.1) is 6.92 Å². The Morgan fingerprint density at radius 2 is 2.14 bits per heavy atom. The molecule has 3 nitrogen and oxygen atoms in total. The van der Waals surface area contributed by atoms with Gasteiger partial charge in [-0.3, -0.25) is 4.98 Å². The van der Waals surface area contributed by atoms with Gasteiger partial charge in [-0.15, -0.1) is 0 Å². The second-order valence-corrected chi connectivity index (χ2v) is 3.34. The van der Waals surface area contributed by atoms with E-state index in [1.165, 1.54) is 0 Å². The highest BCUT2D eigenvalue weighted by atomic mass is 14.9. The highest BCUT2D eigenvalue weighted by Gasteiger charge is 2.04. The SMILES string of the molecule is CCCc1nc(C)nc2cccnc12. The fourth-order valence-electron chi connectivity index (χ4n) is 1.57. The van der Waals surface area contributed by atoms with Gasteiger partial charge in [0.05, 0.1) is 11.2 Å². The Labute approximate surface area is 83.2 Å². The second kappa shape index (κ2) is 3.70. The van der Waals surface area contributed by atoms with E-state index in [0.717, 1.165) is 35.4 Å². The molecule has 2 aromatic heterocycles. The van der Waals surface area contributed by atoms with Gasteiger partial charge in [0, 0.05) is 6.20 Å². The van der Waals surface area contributed by atoms with E-state index < -0.39 is 0 Å². The van der Waals surface area contributed by atoms with E-state index in [4.69, 9.17) is 0 Å². The molecule has 14 heavy (non-hydrogen) atoms. The Morgan fingerprint density at radius 3 is 2.93 bits per heavy atom. The van der Waals surface area contributed by atoms with Gasteiger partial charge in [-0.1, -0.05) is 13.3 Å². The Hall–Kier alpha value is -1.51. The van der Waals surface area contributed by atoms with Crippen molar-refractivity contribution in [1.29, 1.82) is 0 Å². The van der Waals surface area contributed by atoms with E-state index in [2.05, 4.69) is 21.9 Å². The van der Waals surface area contributed by atoms with Gasteiger partial charge in [0.25, 0.3) is 0 Å². The van der Waals surface area contributed by atoms with E-state index >= 15 is 0 Å². The number of aryl methyl sites for hydroxylation is 2. The van der Waals surface area contributed by atoms with Crippen molar-refractivity contribution in [3.63, 3.8) is 0 Å². The van der Waals surface area contributed by atoms with Crippen LogP contribution in [-0.4, -0.2) is 15.0 Å². The molecule has 0 spiro atoms. The first-order valence-corrected chi connectivity index (χ1v) is 4.89. The quantitative estimate of drug-likeness (QED) is 0.724. The van der Waals surface area contributed by atoms with Crippen molar-refractivity contribution in [1.82, 2.24) is 15.0 Å². The molecule has 72 valence electrons. The van der Waals surface area contributed by atoms with Crippen molar-refractivity contribution < 1.29 is 0 Å². The smallest absolute Gasteiger partial charge is 0.126 e. The van der Waals surface area contributed by atoms with Crippen LogP contribution in [0.2, 0.25) is 0 Å². The third kappa shape index (κ3) is 1.58. The Balaban J connectivity index is 2.67. The van der Waals surface area contributed by atoms with E-state index in [9.17, 15) is 0 Å². The first-order valence-electron chi connectivity index (χ1n) is 4.89. The van der Waals surface area contributed by atoms with Gasteiger partial charge in [0.15, 0.2) is 0 Å². The Bertz CT molecular complexity index is 451. The second-order valence-electron chi connectivity index (χ2n) is 3.34. The number of hydrogen-bond donors (Lipinski definition) is 0. The monoisotopic (exact) mass is 187 g/mol. The zero-order valence-corrected chi connectivity index (χ0v) is 8.49. The van der Waals surface area contributed by atoms with Crippen LogP contribution in [0.5, 0.6) is 0 Å². The van der Waals surface area contributed by atoms with Gasteiger partial charge in [-0.05, 0) is 25.5 Å². The third-order valence-corrected chi connectivity index (χ3v) is 2.13. The molecule has 0 saturated heterocycles. The molecule has 0 saturated carbocycles. The normalized spacial score (nSPS) is 10.7. The lowest BCUT2D eigenvalue weighted by Gasteiger charge is -2.03. The highest BCUT2D eigenvalue weighted by molar-refractivity contribution is 5.75. The van der Waals surface area contributed by atoms with Crippen molar-refractivity contribution in [2.24, 2.45) is 0 Å². The number of rotatable bonds is 2. The summed E-state index contributed by atoms with van der Waals surface area (Å²) in [4.78, 5) is 13.1. The minimum Gasteiger partial charge on any atom is -0.253 e. The molecular weight excluding hydrogens is 174 g/mol. The summed E-state index contributed by atoms with van der Waals surface area (Å²) in [6, 6.07) is 3.89. The van der Waals surface area contributed by atoms with Gasteiger partial charge < -0.3 is 0 Å². The third-order valence-electron chi connectivity index (χ3n) is 2.13. The van der Waals surface area contributed by atoms with Crippen molar-refractivity contribution in [2.45, 2.75) is 26.7 Å². The maximum Gasteiger partial charge on any atom is 0.126 e. The first-order chi connectivity index (χ1) is 6.81. The van der Waals surface area contributed by atoms with Gasteiger partial charge >= 0.3 is 0 Å². The van der Waals surface area contributed by atoms with Crippen molar-refractivity contribution in [2.75, 3.05) is 0 Å². The number of pyridine rings is 1. The van der Waals surface area contributed by atoms with E-state index in [1.54, 1.807) is 6.20 Å². The van der Waals surface area contributed by atoms with Crippen LogP contribution >= 0.6 is 0 Å². The van der Waals surface area contributed by atoms with Crippen LogP contribution in [0.4, 0.5) is 0 Å². The predicted octanol–water partition coefficient (Wildman–Crippen LogP) is 2.29. The van der Waals surface area contributed by atoms with E-state index in [1.807, 2.05) is 19.1 Å². The molecule has 2 rings (SSSR count). The van der Waals surface area contributed by atoms with Crippen LogP contribution < -0.4 is 0 Å². The zero-order chi connectivity index (χ0) is 9.97. The maximum atomic E-state index is 4.42. The number of hydrogen-bond acceptors (Lipinski definition) is 3. The number of nitrogens with zero attached hydrogens (tertiary/aromatic N) is 3. The van der Waals surface area contributed by atoms with Crippen LogP contribution in [0.25, 0.3) is 11.0 Å². The van der Waals surface area contributed by atoms with Crippen molar-refractivity contribution >= 4 is 11.0 Å². The van der Waals surface area contributed by atoms with Gasteiger partial charge in [0.2, 0.25) is 0 Å². The summed E-state index contributed by atoms with van der Waals surface area (Å²) in [5.41, 5.74) is 2.96. The topological polar surface area (TPSA) is 38.7 Å². The number of aromatic nitrogens is 3. The van der Waals surface area contributed by atoms with Crippen LogP contribution in [-0.2, 0) is 6.42 Å². The lowest BCUT2D eigenvalue weighted by Crippen LogP contribution is -1.98. The molecule has 2 aromatic rings. The van der Waals surface area contributed by atoms with Crippen molar-refractivity contribution in [3.05, 3.63) is 29.8 Å². The van der Waals surface area contributed by atoms with Gasteiger partial charge in [-0.25, -0.2) is 9.97 Å². The Kier molecular flexibility index (Phi) is 2.39. The predicted molar refractivity (Wildman–Crippen MR) is 56.1 cm³/mol. The largest absolute Gasteiger partial charge is 0.253 e. The standard InChI is InChI=1S/C11H13N3/c1-3-5-9-11-10(6-4-7-12-11)14-8(2)13-9/h4,6-7H,3,5H2,1-2H3. The fraction of sp³-hybridized carbons (Fsp3) is 0.364. The summed E-state index contributed by atoms with van der Waals surface area (Å²) in [5.74, 6) is 0.828. The molecule has 0 fully saturated rings. The summed E-state index contributed by atoms with van der Waals surface area (Å²) in [5, 5.41) is 0. The van der Waals surface area contributed by atoms with Crippen molar-refractivity contribution in [3.8, 4) is 0 Å².